The molecule has 3 nitrogen and oxygen atoms in total. The molecule has 0 saturated heterocycles. The van der Waals surface area contributed by atoms with Crippen LogP contribution in [0, 0.1) is 17.2 Å². The Bertz CT molecular complexity index is 498. The summed E-state index contributed by atoms with van der Waals surface area (Å²) in [6.45, 7) is 3.97. The largest absolute Gasteiger partial charge is 0.224 e. The van der Waals surface area contributed by atoms with Crippen molar-refractivity contribution in [1.82, 2.24) is 0 Å². The van der Waals surface area contributed by atoms with E-state index in [-0.39, 0.29) is 10.6 Å². The normalized spacial score (nSPS) is 11.4. The van der Waals surface area contributed by atoms with Crippen molar-refractivity contribution in [3.05, 3.63) is 29.8 Å². The summed E-state index contributed by atoms with van der Waals surface area (Å²) in [7, 11) is -3.24. The summed E-state index contributed by atoms with van der Waals surface area (Å²) < 4.78 is 23.8. The van der Waals surface area contributed by atoms with Crippen LogP contribution in [0.3, 0.4) is 0 Å². The summed E-state index contributed by atoms with van der Waals surface area (Å²) in [6, 6.07) is 8.10. The number of nitrogens with zero attached hydrogens (tertiary/aromatic N) is 1. The maximum Gasteiger partial charge on any atom is 0.178 e. The molecule has 0 bridgehead atoms. The molecule has 16 heavy (non-hydrogen) atoms. The first-order valence-corrected chi connectivity index (χ1v) is 6.84. The Morgan fingerprint density at radius 1 is 1.38 bits per heavy atom. The van der Waals surface area contributed by atoms with E-state index >= 15 is 0 Å². The van der Waals surface area contributed by atoms with Gasteiger partial charge in [0.1, 0.15) is 0 Å². The fraction of sp³-hybridized carbons (Fsp3) is 0.417. The van der Waals surface area contributed by atoms with Gasteiger partial charge in [0, 0.05) is 0 Å². The molecule has 0 aromatic heterocycles. The lowest BCUT2D eigenvalue weighted by Gasteiger charge is -2.06. The minimum atomic E-state index is -3.24. The van der Waals surface area contributed by atoms with Crippen LogP contribution in [0.1, 0.15) is 25.8 Å². The Morgan fingerprint density at radius 2 is 2.06 bits per heavy atom. The average Bonchev–Trinajstić information content (AvgIpc) is 2.27. The molecule has 0 fully saturated rings. The van der Waals surface area contributed by atoms with E-state index in [1.54, 1.807) is 12.1 Å². The molecule has 0 aliphatic carbocycles. The van der Waals surface area contributed by atoms with Crippen molar-refractivity contribution in [2.45, 2.75) is 25.2 Å². The summed E-state index contributed by atoms with van der Waals surface area (Å²) in [5.41, 5.74) is 0.380. The molecule has 86 valence electrons. The monoisotopic (exact) mass is 237 g/mol. The lowest BCUT2D eigenvalue weighted by molar-refractivity contribution is 0.573. The van der Waals surface area contributed by atoms with Crippen molar-refractivity contribution in [2.24, 2.45) is 5.92 Å². The summed E-state index contributed by atoms with van der Waals surface area (Å²) in [5, 5.41) is 8.70. The predicted octanol–water partition coefficient (Wildman–Crippen LogP) is 2.38. The highest BCUT2D eigenvalue weighted by Crippen LogP contribution is 2.15. The van der Waals surface area contributed by atoms with Crippen molar-refractivity contribution in [2.75, 3.05) is 5.75 Å². The molecule has 4 heteroatoms. The maximum atomic E-state index is 11.9. The molecule has 0 amide bonds. The first-order valence-electron chi connectivity index (χ1n) is 5.18. The summed E-state index contributed by atoms with van der Waals surface area (Å²) in [6.07, 6.45) is 0.638. The van der Waals surface area contributed by atoms with Gasteiger partial charge in [-0.3, -0.25) is 0 Å². The van der Waals surface area contributed by atoms with Gasteiger partial charge in [-0.15, -0.1) is 0 Å². The van der Waals surface area contributed by atoms with Crippen LogP contribution in [-0.2, 0) is 9.84 Å². The van der Waals surface area contributed by atoms with Gasteiger partial charge in [0.25, 0.3) is 0 Å². The van der Waals surface area contributed by atoms with Crippen molar-refractivity contribution in [3.8, 4) is 6.07 Å². The first-order chi connectivity index (χ1) is 7.45. The third-order valence-electron chi connectivity index (χ3n) is 2.29. The van der Waals surface area contributed by atoms with E-state index in [0.29, 0.717) is 17.9 Å². The Labute approximate surface area is 96.6 Å². The standard InChI is InChI=1S/C12H15NO2S/c1-10(2)6-7-16(14,15)12-5-3-4-11(8-12)9-13/h3-5,8,10H,6-7H2,1-2H3. The van der Waals surface area contributed by atoms with Gasteiger partial charge < -0.3 is 0 Å². The number of nitriles is 1. The topological polar surface area (TPSA) is 57.9 Å². The molecular formula is C12H15NO2S. The van der Waals surface area contributed by atoms with Gasteiger partial charge in [-0.2, -0.15) is 5.26 Å². The van der Waals surface area contributed by atoms with Gasteiger partial charge in [-0.1, -0.05) is 19.9 Å². The summed E-state index contributed by atoms with van der Waals surface area (Å²) in [5.74, 6) is 0.494. The molecule has 1 rings (SSSR count). The number of hydrogen-bond acceptors (Lipinski definition) is 3. The zero-order valence-electron chi connectivity index (χ0n) is 9.47. The highest BCUT2D eigenvalue weighted by atomic mass is 32.2. The SMILES string of the molecule is CC(C)CCS(=O)(=O)c1cccc(C#N)c1. The van der Waals surface area contributed by atoms with Gasteiger partial charge in [-0.05, 0) is 30.5 Å². The Kier molecular flexibility index (Phi) is 4.08. The summed E-state index contributed by atoms with van der Waals surface area (Å²) >= 11 is 0. The van der Waals surface area contributed by atoms with E-state index in [9.17, 15) is 8.42 Å². The quantitative estimate of drug-likeness (QED) is 0.807. The fourth-order valence-corrected chi connectivity index (χ4v) is 2.88. The van der Waals surface area contributed by atoms with Crippen LogP contribution >= 0.6 is 0 Å². The molecule has 0 N–H and O–H groups in total. The smallest absolute Gasteiger partial charge is 0.178 e. The van der Waals surface area contributed by atoms with Crippen LogP contribution in [0.5, 0.6) is 0 Å². The second-order valence-electron chi connectivity index (χ2n) is 4.14. The van der Waals surface area contributed by atoms with Gasteiger partial charge in [0.15, 0.2) is 9.84 Å². The second-order valence-corrected chi connectivity index (χ2v) is 6.25. The minimum Gasteiger partial charge on any atom is -0.224 e. The van der Waals surface area contributed by atoms with Crippen LogP contribution in [0.25, 0.3) is 0 Å². The zero-order chi connectivity index (χ0) is 12.2. The fourth-order valence-electron chi connectivity index (χ4n) is 1.27. The molecular weight excluding hydrogens is 222 g/mol. The van der Waals surface area contributed by atoms with Crippen LogP contribution in [0.4, 0.5) is 0 Å². The van der Waals surface area contributed by atoms with E-state index in [0.717, 1.165) is 0 Å². The number of rotatable bonds is 4. The maximum absolute atomic E-state index is 11.9. The molecule has 1 aromatic carbocycles. The minimum absolute atomic E-state index is 0.138. The van der Waals surface area contributed by atoms with Crippen LogP contribution in [0.15, 0.2) is 29.2 Å². The highest BCUT2D eigenvalue weighted by Gasteiger charge is 2.15. The van der Waals surface area contributed by atoms with Crippen LogP contribution in [0.2, 0.25) is 0 Å². The van der Waals surface area contributed by atoms with E-state index in [1.165, 1.54) is 12.1 Å². The van der Waals surface area contributed by atoms with Gasteiger partial charge in [-0.25, -0.2) is 8.42 Å². The van der Waals surface area contributed by atoms with E-state index < -0.39 is 9.84 Å². The molecule has 0 saturated carbocycles. The summed E-state index contributed by atoms with van der Waals surface area (Å²) in [4.78, 5) is 0.243. The number of hydrogen-bond donors (Lipinski definition) is 0. The number of benzene rings is 1. The lowest BCUT2D eigenvalue weighted by Crippen LogP contribution is -2.09. The van der Waals surface area contributed by atoms with Gasteiger partial charge >= 0.3 is 0 Å². The zero-order valence-corrected chi connectivity index (χ0v) is 10.3. The average molecular weight is 237 g/mol. The third-order valence-corrected chi connectivity index (χ3v) is 4.03. The van der Waals surface area contributed by atoms with Crippen molar-refractivity contribution >= 4 is 9.84 Å². The first kappa shape index (κ1) is 12.7. The Balaban J connectivity index is 2.95. The second kappa shape index (κ2) is 5.13. The van der Waals surface area contributed by atoms with Crippen molar-refractivity contribution < 1.29 is 8.42 Å². The Morgan fingerprint density at radius 3 is 2.62 bits per heavy atom. The van der Waals surface area contributed by atoms with E-state index in [2.05, 4.69) is 0 Å². The molecule has 0 atom stereocenters. The van der Waals surface area contributed by atoms with Gasteiger partial charge in [0.2, 0.25) is 0 Å². The van der Waals surface area contributed by atoms with E-state index in [4.69, 9.17) is 5.26 Å². The molecule has 1 aromatic rings. The molecule has 0 aliphatic heterocycles. The lowest BCUT2D eigenvalue weighted by atomic mass is 10.2. The van der Waals surface area contributed by atoms with Crippen molar-refractivity contribution in [1.29, 1.82) is 5.26 Å². The molecule has 0 unspecified atom stereocenters. The highest BCUT2D eigenvalue weighted by molar-refractivity contribution is 7.91. The van der Waals surface area contributed by atoms with Crippen molar-refractivity contribution in [3.63, 3.8) is 0 Å². The van der Waals surface area contributed by atoms with Crippen LogP contribution in [-0.4, -0.2) is 14.2 Å². The van der Waals surface area contributed by atoms with E-state index in [1.807, 2.05) is 19.9 Å². The van der Waals surface area contributed by atoms with Crippen LogP contribution < -0.4 is 0 Å². The Hall–Kier alpha value is -1.34. The molecule has 0 spiro atoms. The van der Waals surface area contributed by atoms with Gasteiger partial charge in [0.05, 0.1) is 22.3 Å². The molecule has 0 aliphatic rings. The predicted molar refractivity (Wildman–Crippen MR) is 62.7 cm³/mol. The molecule has 0 heterocycles. The molecule has 0 radical (unpaired) electrons. The number of sulfone groups is 1. The third kappa shape index (κ3) is 3.35.